The van der Waals surface area contributed by atoms with Gasteiger partial charge in [-0.2, -0.15) is 0 Å². The summed E-state index contributed by atoms with van der Waals surface area (Å²) in [5, 5.41) is 3.70. The number of esters is 1. The maximum absolute atomic E-state index is 11.2. The van der Waals surface area contributed by atoms with Crippen molar-refractivity contribution in [3.63, 3.8) is 0 Å². The predicted octanol–water partition coefficient (Wildman–Crippen LogP) is 4.88. The fraction of sp³-hybridized carbons (Fsp3) is 0.591. The van der Waals surface area contributed by atoms with Crippen LogP contribution in [0.3, 0.4) is 0 Å². The number of rotatable bonds is 9. The van der Waals surface area contributed by atoms with Crippen LogP contribution >= 0.6 is 0 Å². The first-order valence-corrected chi connectivity index (χ1v) is 10.1. The molecular weight excluding hydrogens is 340 g/mol. The van der Waals surface area contributed by atoms with Gasteiger partial charge in [-0.25, -0.2) is 4.79 Å². The lowest BCUT2D eigenvalue weighted by Gasteiger charge is -2.34. The minimum Gasteiger partial charge on any atom is -0.496 e. The molecule has 1 aromatic carbocycles. The third-order valence-corrected chi connectivity index (χ3v) is 5.15. The molecule has 1 aliphatic carbocycles. The molecule has 2 rings (SSSR count). The van der Waals surface area contributed by atoms with Crippen molar-refractivity contribution < 1.29 is 14.3 Å². The van der Waals surface area contributed by atoms with Crippen molar-refractivity contribution in [3.8, 4) is 0 Å². The van der Waals surface area contributed by atoms with Gasteiger partial charge >= 0.3 is 5.97 Å². The van der Waals surface area contributed by atoms with Crippen molar-refractivity contribution in [1.29, 1.82) is 0 Å². The molecule has 150 valence electrons. The highest BCUT2D eigenvalue weighted by molar-refractivity contribution is 5.81. The van der Waals surface area contributed by atoms with E-state index in [4.69, 9.17) is 15.2 Å². The molecule has 0 radical (unpaired) electrons. The van der Waals surface area contributed by atoms with Gasteiger partial charge in [0, 0.05) is 6.04 Å². The molecule has 5 nitrogen and oxygen atoms in total. The number of benzene rings is 1. The van der Waals surface area contributed by atoms with Gasteiger partial charge in [0.15, 0.2) is 0 Å². The number of nitrogens with one attached hydrogen (secondary N) is 1. The summed E-state index contributed by atoms with van der Waals surface area (Å²) < 4.78 is 10.2. The Morgan fingerprint density at radius 2 is 2.04 bits per heavy atom. The van der Waals surface area contributed by atoms with Crippen LogP contribution in [0.5, 0.6) is 0 Å². The van der Waals surface area contributed by atoms with Gasteiger partial charge in [-0.1, -0.05) is 39.2 Å². The largest absolute Gasteiger partial charge is 0.496 e. The van der Waals surface area contributed by atoms with Crippen LogP contribution < -0.4 is 11.1 Å². The van der Waals surface area contributed by atoms with Crippen molar-refractivity contribution in [2.45, 2.75) is 65.5 Å². The van der Waals surface area contributed by atoms with Gasteiger partial charge in [0.1, 0.15) is 6.61 Å². The Kier molecular flexibility index (Phi) is 8.49. The van der Waals surface area contributed by atoms with E-state index in [0.717, 1.165) is 16.9 Å². The van der Waals surface area contributed by atoms with E-state index in [9.17, 15) is 4.79 Å². The summed E-state index contributed by atoms with van der Waals surface area (Å²) in [6.07, 6.45) is 9.27. The first-order valence-electron chi connectivity index (χ1n) is 10.1. The van der Waals surface area contributed by atoms with Crippen molar-refractivity contribution in [3.05, 3.63) is 36.1 Å². The number of ether oxygens (including phenoxy) is 2. The minimum absolute atomic E-state index is 0.354. The molecule has 0 aliphatic heterocycles. The molecule has 5 heteroatoms. The highest BCUT2D eigenvalue weighted by Crippen LogP contribution is 2.33. The molecule has 1 aliphatic rings. The fourth-order valence-electron chi connectivity index (χ4n) is 3.77. The second-order valence-corrected chi connectivity index (χ2v) is 7.60. The van der Waals surface area contributed by atoms with Gasteiger partial charge in [0.05, 0.1) is 30.3 Å². The lowest BCUT2D eigenvalue weighted by atomic mass is 9.79. The molecule has 0 spiro atoms. The molecule has 3 N–H and O–H groups in total. The standard InChI is InChI=1S/C22H34N2O3/c1-4-27-21(25)12-13-26-15-17-10-11-20(19(23)14-17)24-22(16(2)3)18-8-6-5-7-9-18/h10-14,16,18,22,24H,4-9,15,23H2,1-3H3/b13-12+. The molecule has 1 aromatic rings. The lowest BCUT2D eigenvalue weighted by molar-refractivity contribution is -0.137. The average molecular weight is 375 g/mol. The summed E-state index contributed by atoms with van der Waals surface area (Å²) >= 11 is 0. The lowest BCUT2D eigenvalue weighted by Crippen LogP contribution is -2.35. The zero-order chi connectivity index (χ0) is 19.6. The average Bonchev–Trinajstić information content (AvgIpc) is 2.65. The summed E-state index contributed by atoms with van der Waals surface area (Å²) in [6, 6.07) is 6.41. The zero-order valence-electron chi connectivity index (χ0n) is 16.9. The van der Waals surface area contributed by atoms with Crippen LogP contribution in [0.1, 0.15) is 58.4 Å². The maximum atomic E-state index is 11.2. The Labute approximate surface area is 163 Å². The molecule has 27 heavy (non-hydrogen) atoms. The van der Waals surface area contributed by atoms with E-state index in [1.807, 2.05) is 18.2 Å². The predicted molar refractivity (Wildman–Crippen MR) is 110 cm³/mol. The van der Waals surface area contributed by atoms with Crippen LogP contribution in [0.4, 0.5) is 11.4 Å². The first-order chi connectivity index (χ1) is 13.0. The Morgan fingerprint density at radius 1 is 1.30 bits per heavy atom. The Morgan fingerprint density at radius 3 is 2.67 bits per heavy atom. The summed E-state index contributed by atoms with van der Waals surface area (Å²) in [4.78, 5) is 11.2. The maximum Gasteiger partial charge on any atom is 0.333 e. The van der Waals surface area contributed by atoms with Crippen LogP contribution in [-0.4, -0.2) is 18.6 Å². The van der Waals surface area contributed by atoms with Crippen LogP contribution in [0.25, 0.3) is 0 Å². The van der Waals surface area contributed by atoms with Crippen LogP contribution in [0.2, 0.25) is 0 Å². The smallest absolute Gasteiger partial charge is 0.333 e. The zero-order valence-corrected chi connectivity index (χ0v) is 16.9. The molecule has 0 amide bonds. The van der Waals surface area contributed by atoms with E-state index in [2.05, 4.69) is 19.2 Å². The minimum atomic E-state index is -0.404. The molecule has 1 saturated carbocycles. The fourth-order valence-corrected chi connectivity index (χ4v) is 3.77. The highest BCUT2D eigenvalue weighted by atomic mass is 16.5. The molecule has 0 bridgehead atoms. The van der Waals surface area contributed by atoms with Crippen LogP contribution in [-0.2, 0) is 20.9 Å². The van der Waals surface area contributed by atoms with E-state index in [-0.39, 0.29) is 0 Å². The number of nitrogens with two attached hydrogens (primary N) is 1. The monoisotopic (exact) mass is 374 g/mol. The van der Waals surface area contributed by atoms with Crippen molar-refractivity contribution in [1.82, 2.24) is 0 Å². The van der Waals surface area contributed by atoms with Gasteiger partial charge in [0.2, 0.25) is 0 Å². The second kappa shape index (κ2) is 10.9. The van der Waals surface area contributed by atoms with Crippen molar-refractivity contribution in [2.24, 2.45) is 11.8 Å². The Hall–Kier alpha value is -2.17. The summed E-state index contributed by atoms with van der Waals surface area (Å²) in [5.74, 6) is 0.872. The quantitative estimate of drug-likeness (QED) is 0.279. The van der Waals surface area contributed by atoms with Gasteiger partial charge in [-0.05, 0) is 49.3 Å². The van der Waals surface area contributed by atoms with Crippen molar-refractivity contribution >= 4 is 17.3 Å². The van der Waals surface area contributed by atoms with E-state index < -0.39 is 5.97 Å². The van der Waals surface area contributed by atoms with Gasteiger partial charge in [-0.15, -0.1) is 0 Å². The highest BCUT2D eigenvalue weighted by Gasteiger charge is 2.26. The summed E-state index contributed by atoms with van der Waals surface area (Å²) in [6.45, 7) is 7.03. The summed E-state index contributed by atoms with van der Waals surface area (Å²) in [5.41, 5.74) is 8.96. The van der Waals surface area contributed by atoms with Gasteiger partial charge in [0.25, 0.3) is 0 Å². The molecule has 0 heterocycles. The topological polar surface area (TPSA) is 73.6 Å². The molecular formula is C22H34N2O3. The molecule has 1 fully saturated rings. The Bertz CT molecular complexity index is 622. The number of hydrogen-bond donors (Lipinski definition) is 2. The second-order valence-electron chi connectivity index (χ2n) is 7.60. The van der Waals surface area contributed by atoms with Crippen LogP contribution in [0.15, 0.2) is 30.5 Å². The summed E-state index contributed by atoms with van der Waals surface area (Å²) in [7, 11) is 0. The van der Waals surface area contributed by atoms with Gasteiger partial charge in [-0.3, -0.25) is 0 Å². The van der Waals surface area contributed by atoms with E-state index >= 15 is 0 Å². The van der Waals surface area contributed by atoms with E-state index in [1.165, 1.54) is 44.4 Å². The molecule has 0 aromatic heterocycles. The van der Waals surface area contributed by atoms with Crippen molar-refractivity contribution in [2.75, 3.05) is 17.7 Å². The number of anilines is 2. The third-order valence-electron chi connectivity index (χ3n) is 5.15. The number of hydrogen-bond acceptors (Lipinski definition) is 5. The molecule has 1 unspecified atom stereocenters. The van der Waals surface area contributed by atoms with E-state index in [1.54, 1.807) is 6.92 Å². The normalized spacial score (nSPS) is 16.4. The van der Waals surface area contributed by atoms with Crippen LogP contribution in [0, 0.1) is 11.8 Å². The molecule has 0 saturated heterocycles. The van der Waals surface area contributed by atoms with E-state index in [0.29, 0.717) is 31.1 Å². The Balaban J connectivity index is 1.93. The van der Waals surface area contributed by atoms with Gasteiger partial charge < -0.3 is 20.5 Å². The number of carbonyl (C=O) groups is 1. The number of nitrogen functional groups attached to an aromatic ring is 1. The first kappa shape index (κ1) is 21.1. The molecule has 1 atom stereocenters. The third kappa shape index (κ3) is 6.81. The number of carbonyl (C=O) groups excluding carboxylic acids is 1. The SMILES string of the molecule is CCOC(=O)/C=C/OCc1ccc(NC(C(C)C)C2CCCCC2)c(N)c1.